The molecule has 1 N–H and O–H groups in total. The number of benzene rings is 1. The number of carboxylic acid groups (broad SMARTS) is 1. The first kappa shape index (κ1) is 15.9. The van der Waals surface area contributed by atoms with Gasteiger partial charge < -0.3 is 9.84 Å². The predicted molar refractivity (Wildman–Crippen MR) is 76.9 cm³/mol. The topological polar surface area (TPSA) is 83.9 Å². The third-order valence-corrected chi connectivity index (χ3v) is 5.85. The first-order valence-corrected chi connectivity index (χ1v) is 8.18. The lowest BCUT2D eigenvalue weighted by atomic mass is 10.1. The number of hydrogen-bond donors (Lipinski definition) is 1. The molecule has 1 aromatic rings. The van der Waals surface area contributed by atoms with Crippen LogP contribution in [0.25, 0.3) is 0 Å². The van der Waals surface area contributed by atoms with Crippen LogP contribution in [0.1, 0.15) is 28.8 Å². The standard InChI is InChI=1S/C14H19NO5S/c1-10-3-4-11(14(16)17)9-13(10)21(18,19)15(2)12-5-7-20-8-6-12/h3-4,9,12H,5-8H2,1-2H3,(H,16,17). The fourth-order valence-electron chi connectivity index (χ4n) is 2.41. The second kappa shape index (κ2) is 6.13. The lowest BCUT2D eigenvalue weighted by Gasteiger charge is -2.30. The minimum absolute atomic E-state index is 0.0282. The molecule has 0 spiro atoms. The largest absolute Gasteiger partial charge is 0.478 e. The Morgan fingerprint density at radius 3 is 2.52 bits per heavy atom. The molecule has 1 aliphatic heterocycles. The molecule has 0 aromatic heterocycles. The molecule has 0 atom stereocenters. The fraction of sp³-hybridized carbons (Fsp3) is 0.500. The number of rotatable bonds is 4. The molecule has 116 valence electrons. The van der Waals surface area contributed by atoms with Crippen LogP contribution in [0.3, 0.4) is 0 Å². The molecule has 1 fully saturated rings. The van der Waals surface area contributed by atoms with Gasteiger partial charge in [0.15, 0.2) is 0 Å². The number of carboxylic acids is 1. The van der Waals surface area contributed by atoms with Crippen molar-refractivity contribution in [2.75, 3.05) is 20.3 Å². The number of nitrogens with zero attached hydrogens (tertiary/aromatic N) is 1. The second-order valence-corrected chi connectivity index (χ2v) is 7.12. The summed E-state index contributed by atoms with van der Waals surface area (Å²) in [7, 11) is -2.17. The second-order valence-electron chi connectivity index (χ2n) is 5.15. The van der Waals surface area contributed by atoms with Gasteiger partial charge in [0, 0.05) is 26.3 Å². The van der Waals surface area contributed by atoms with Crippen molar-refractivity contribution in [2.45, 2.75) is 30.7 Å². The lowest BCUT2D eigenvalue weighted by molar-refractivity contribution is 0.0632. The maximum atomic E-state index is 12.7. The molecular weight excluding hydrogens is 294 g/mol. The number of aromatic carboxylic acids is 1. The summed E-state index contributed by atoms with van der Waals surface area (Å²) in [5.41, 5.74) is 0.512. The fourth-order valence-corrected chi connectivity index (χ4v) is 4.08. The van der Waals surface area contributed by atoms with Gasteiger partial charge in [0.05, 0.1) is 10.5 Å². The highest BCUT2D eigenvalue weighted by molar-refractivity contribution is 7.89. The summed E-state index contributed by atoms with van der Waals surface area (Å²) in [5.74, 6) is -1.14. The molecule has 0 amide bonds. The zero-order valence-electron chi connectivity index (χ0n) is 12.1. The Morgan fingerprint density at radius 2 is 1.95 bits per heavy atom. The normalized spacial score (nSPS) is 17.1. The Hall–Kier alpha value is -1.44. The van der Waals surface area contributed by atoms with Crippen LogP contribution in [-0.2, 0) is 14.8 Å². The van der Waals surface area contributed by atoms with Crippen molar-refractivity contribution in [3.8, 4) is 0 Å². The van der Waals surface area contributed by atoms with E-state index in [0.717, 1.165) is 0 Å². The molecule has 0 aliphatic carbocycles. The number of hydrogen-bond acceptors (Lipinski definition) is 4. The van der Waals surface area contributed by atoms with Crippen LogP contribution in [0, 0.1) is 6.92 Å². The highest BCUT2D eigenvalue weighted by Gasteiger charge is 2.30. The van der Waals surface area contributed by atoms with E-state index in [4.69, 9.17) is 9.84 Å². The summed E-state index contributed by atoms with van der Waals surface area (Å²) in [6.45, 7) is 2.74. The summed E-state index contributed by atoms with van der Waals surface area (Å²) in [6, 6.07) is 4.04. The minimum Gasteiger partial charge on any atom is -0.478 e. The van der Waals surface area contributed by atoms with E-state index in [-0.39, 0.29) is 16.5 Å². The number of ether oxygens (including phenoxy) is 1. The Bertz CT molecular complexity index is 635. The van der Waals surface area contributed by atoms with Gasteiger partial charge in [-0.25, -0.2) is 13.2 Å². The molecule has 0 unspecified atom stereocenters. The van der Waals surface area contributed by atoms with E-state index in [1.54, 1.807) is 6.92 Å². The van der Waals surface area contributed by atoms with Gasteiger partial charge in [-0.05, 0) is 37.5 Å². The number of sulfonamides is 1. The van der Waals surface area contributed by atoms with Crippen LogP contribution >= 0.6 is 0 Å². The first-order chi connectivity index (χ1) is 9.84. The average molecular weight is 313 g/mol. The third kappa shape index (κ3) is 3.25. The van der Waals surface area contributed by atoms with E-state index in [0.29, 0.717) is 31.6 Å². The van der Waals surface area contributed by atoms with E-state index in [1.807, 2.05) is 0 Å². The molecule has 0 saturated carbocycles. The number of aryl methyl sites for hydroxylation is 1. The third-order valence-electron chi connectivity index (χ3n) is 3.80. The van der Waals surface area contributed by atoms with E-state index in [9.17, 15) is 13.2 Å². The monoisotopic (exact) mass is 313 g/mol. The zero-order chi connectivity index (χ0) is 15.6. The maximum absolute atomic E-state index is 12.7. The Balaban J connectivity index is 2.38. The average Bonchev–Trinajstić information content (AvgIpc) is 2.47. The van der Waals surface area contributed by atoms with Gasteiger partial charge in [0.25, 0.3) is 0 Å². The van der Waals surface area contributed by atoms with Crippen molar-refractivity contribution >= 4 is 16.0 Å². The summed E-state index contributed by atoms with van der Waals surface area (Å²) in [4.78, 5) is 11.1. The van der Waals surface area contributed by atoms with Crippen molar-refractivity contribution in [1.29, 1.82) is 0 Å². The van der Waals surface area contributed by atoms with Crippen LogP contribution in [0.15, 0.2) is 23.1 Å². The summed E-state index contributed by atoms with van der Waals surface area (Å²) < 4.78 is 32.0. The van der Waals surface area contributed by atoms with Crippen molar-refractivity contribution in [2.24, 2.45) is 0 Å². The van der Waals surface area contributed by atoms with Crippen LogP contribution < -0.4 is 0 Å². The number of carbonyl (C=O) groups is 1. The molecule has 1 heterocycles. The van der Waals surface area contributed by atoms with Gasteiger partial charge in [-0.1, -0.05) is 6.07 Å². The minimum atomic E-state index is -3.71. The lowest BCUT2D eigenvalue weighted by Crippen LogP contribution is -2.40. The molecule has 2 rings (SSSR count). The molecule has 6 nitrogen and oxygen atoms in total. The van der Waals surface area contributed by atoms with Crippen molar-refractivity contribution < 1.29 is 23.1 Å². The van der Waals surface area contributed by atoms with E-state index < -0.39 is 16.0 Å². The quantitative estimate of drug-likeness (QED) is 0.910. The van der Waals surface area contributed by atoms with Crippen molar-refractivity contribution in [3.05, 3.63) is 29.3 Å². The van der Waals surface area contributed by atoms with Gasteiger partial charge in [-0.15, -0.1) is 0 Å². The summed E-state index contributed by atoms with van der Waals surface area (Å²) >= 11 is 0. The van der Waals surface area contributed by atoms with Crippen molar-refractivity contribution in [1.82, 2.24) is 4.31 Å². The Morgan fingerprint density at radius 1 is 1.33 bits per heavy atom. The molecule has 7 heteroatoms. The van der Waals surface area contributed by atoms with Gasteiger partial charge in [0.1, 0.15) is 0 Å². The summed E-state index contributed by atoms with van der Waals surface area (Å²) in [5, 5.41) is 9.03. The maximum Gasteiger partial charge on any atom is 0.335 e. The highest BCUT2D eigenvalue weighted by atomic mass is 32.2. The zero-order valence-corrected chi connectivity index (χ0v) is 12.9. The molecule has 1 aliphatic rings. The van der Waals surface area contributed by atoms with E-state index in [1.165, 1.54) is 29.6 Å². The molecule has 0 radical (unpaired) electrons. The molecule has 21 heavy (non-hydrogen) atoms. The van der Waals surface area contributed by atoms with Gasteiger partial charge in [0.2, 0.25) is 10.0 Å². The smallest absolute Gasteiger partial charge is 0.335 e. The van der Waals surface area contributed by atoms with Crippen LogP contribution in [0.2, 0.25) is 0 Å². The van der Waals surface area contributed by atoms with Crippen molar-refractivity contribution in [3.63, 3.8) is 0 Å². The molecule has 1 aromatic carbocycles. The van der Waals surface area contributed by atoms with Gasteiger partial charge in [-0.3, -0.25) is 0 Å². The van der Waals surface area contributed by atoms with Crippen LogP contribution in [0.5, 0.6) is 0 Å². The van der Waals surface area contributed by atoms with Gasteiger partial charge in [-0.2, -0.15) is 4.31 Å². The molecule has 1 saturated heterocycles. The van der Waals surface area contributed by atoms with E-state index >= 15 is 0 Å². The summed E-state index contributed by atoms with van der Waals surface area (Å²) in [6.07, 6.45) is 1.29. The SMILES string of the molecule is Cc1ccc(C(=O)O)cc1S(=O)(=O)N(C)C1CCOCC1. The van der Waals surface area contributed by atoms with E-state index in [2.05, 4.69) is 0 Å². The predicted octanol–water partition coefficient (Wildman–Crippen LogP) is 1.49. The highest BCUT2D eigenvalue weighted by Crippen LogP contribution is 2.25. The van der Waals surface area contributed by atoms with Crippen LogP contribution in [0.4, 0.5) is 0 Å². The first-order valence-electron chi connectivity index (χ1n) is 6.74. The Kier molecular flexibility index (Phi) is 4.65. The Labute approximate surface area is 124 Å². The van der Waals surface area contributed by atoms with Gasteiger partial charge >= 0.3 is 5.97 Å². The molecular formula is C14H19NO5S. The van der Waals surface area contributed by atoms with Crippen LogP contribution in [-0.4, -0.2) is 50.1 Å². The molecule has 0 bridgehead atoms.